The zero-order valence-corrected chi connectivity index (χ0v) is 4.79. The molecule has 34 valence electrons. The first-order valence-corrected chi connectivity index (χ1v) is 2.60. The summed E-state index contributed by atoms with van der Waals surface area (Å²) in [5, 5.41) is 1.13. The molecule has 0 heterocycles. The molecule has 0 spiro atoms. The lowest BCUT2D eigenvalue weighted by atomic mass is 10.6. The highest BCUT2D eigenvalue weighted by atomic mass is 79.9. The monoisotopic (exact) mass is 142 g/mol. The van der Waals surface area contributed by atoms with Crippen LogP contribution < -0.4 is 0 Å². The largest absolute Gasteiger partial charge is 0.269 e. The molecule has 0 fully saturated rings. The molecule has 0 aromatic heterocycles. The fourth-order valence-corrected chi connectivity index (χ4v) is 0. The van der Waals surface area contributed by atoms with Crippen molar-refractivity contribution in [3.05, 3.63) is 0 Å². The molecule has 5 heavy (non-hydrogen) atoms. The summed E-state index contributed by atoms with van der Waals surface area (Å²) in [6.07, 6.45) is 1.24. The third-order valence-electron chi connectivity index (χ3n) is 0.189. The first-order valence-electron chi connectivity index (χ1n) is 1.47. The maximum absolute atomic E-state index is 3.25. The second kappa shape index (κ2) is 8.83. The Morgan fingerprint density at radius 3 is 1.80 bits per heavy atom. The average Bonchev–Trinajstić information content (AvgIpc) is 1.37. The molecule has 0 aliphatic carbocycles. The van der Waals surface area contributed by atoms with Gasteiger partial charge in [0.15, 0.2) is 0 Å². The number of alkyl halides is 1. The lowest BCUT2D eigenvalue weighted by Crippen LogP contribution is -1.54. The Labute approximate surface area is 40.1 Å². The van der Waals surface area contributed by atoms with Crippen molar-refractivity contribution < 1.29 is 4.70 Å². The Morgan fingerprint density at radius 1 is 1.60 bits per heavy atom. The van der Waals surface area contributed by atoms with E-state index in [1.807, 2.05) is 0 Å². The third kappa shape index (κ3) is 12.9. The van der Waals surface area contributed by atoms with E-state index in [-0.39, 0.29) is 4.70 Å². The van der Waals surface area contributed by atoms with Crippen LogP contribution in [0, 0.1) is 0 Å². The number of hydrogen-bond donors (Lipinski definition) is 0. The highest BCUT2D eigenvalue weighted by Crippen LogP contribution is 1.80. The fraction of sp³-hybridized carbons (Fsp3) is 1.00. The van der Waals surface area contributed by atoms with Crippen molar-refractivity contribution in [2.75, 3.05) is 5.33 Å². The first-order chi connectivity index (χ1) is 1.91. The summed E-state index contributed by atoms with van der Waals surface area (Å²) in [7, 11) is 0. The van der Waals surface area contributed by atoms with Crippen LogP contribution in [0.1, 0.15) is 13.3 Å². The smallest absolute Gasteiger partial charge is 0.00286 e. The van der Waals surface area contributed by atoms with Gasteiger partial charge in [0.1, 0.15) is 0 Å². The van der Waals surface area contributed by atoms with Crippen molar-refractivity contribution in [1.82, 2.24) is 0 Å². The van der Waals surface area contributed by atoms with E-state index in [1.54, 1.807) is 0 Å². The van der Waals surface area contributed by atoms with Gasteiger partial charge in [-0.2, -0.15) is 0 Å². The number of halogens is 2. The van der Waals surface area contributed by atoms with E-state index in [9.17, 15) is 0 Å². The molecule has 0 aliphatic rings. The maximum Gasteiger partial charge on any atom is 0.00286 e. The average molecular weight is 143 g/mol. The number of hydrogen-bond acceptors (Lipinski definition) is 0. The molecule has 0 bridgehead atoms. The van der Waals surface area contributed by atoms with Crippen LogP contribution in [0.4, 0.5) is 4.70 Å². The van der Waals surface area contributed by atoms with Gasteiger partial charge < -0.3 is 0 Å². The van der Waals surface area contributed by atoms with Crippen LogP contribution in [0.3, 0.4) is 0 Å². The van der Waals surface area contributed by atoms with Crippen molar-refractivity contribution in [2.24, 2.45) is 0 Å². The lowest BCUT2D eigenvalue weighted by molar-refractivity contribution is 1.11. The van der Waals surface area contributed by atoms with Crippen LogP contribution in [0.5, 0.6) is 0 Å². The van der Waals surface area contributed by atoms with Gasteiger partial charge >= 0.3 is 0 Å². The van der Waals surface area contributed by atoms with E-state index in [2.05, 4.69) is 22.9 Å². The Balaban J connectivity index is 0. The van der Waals surface area contributed by atoms with Crippen LogP contribution in [0.15, 0.2) is 0 Å². The molecule has 0 aliphatic heterocycles. The molecule has 0 amide bonds. The normalized spacial score (nSPS) is 6.00. The maximum atomic E-state index is 3.25. The second-order valence-corrected chi connectivity index (χ2v) is 1.48. The molecule has 0 N–H and O–H groups in total. The van der Waals surface area contributed by atoms with Gasteiger partial charge in [-0.1, -0.05) is 22.9 Å². The standard InChI is InChI=1S/C3H7Br.FH/c1-2-3-4;/h2-3H2,1H3;1H. The summed E-state index contributed by atoms with van der Waals surface area (Å²) in [4.78, 5) is 0. The van der Waals surface area contributed by atoms with Gasteiger partial charge in [0, 0.05) is 5.33 Å². The summed E-state index contributed by atoms with van der Waals surface area (Å²) in [5.41, 5.74) is 0. The van der Waals surface area contributed by atoms with Crippen molar-refractivity contribution in [2.45, 2.75) is 13.3 Å². The highest BCUT2D eigenvalue weighted by Gasteiger charge is 1.58. The molecular formula is C3H8BrF. The quantitative estimate of drug-likeness (QED) is 0.492. The third-order valence-corrected chi connectivity index (χ3v) is 0.982. The van der Waals surface area contributed by atoms with E-state index in [4.69, 9.17) is 0 Å². The Hall–Kier alpha value is 0.410. The Bertz CT molecular complexity index is 8.85. The van der Waals surface area contributed by atoms with Crippen molar-refractivity contribution in [3.8, 4) is 0 Å². The summed E-state index contributed by atoms with van der Waals surface area (Å²) in [5.74, 6) is 0. The minimum atomic E-state index is 0. The predicted octanol–water partition coefficient (Wildman–Crippen LogP) is 1.94. The molecule has 0 aromatic rings. The Morgan fingerprint density at radius 2 is 1.80 bits per heavy atom. The molecule has 0 atom stereocenters. The van der Waals surface area contributed by atoms with Crippen LogP contribution in [0.2, 0.25) is 0 Å². The highest BCUT2D eigenvalue weighted by molar-refractivity contribution is 9.09. The van der Waals surface area contributed by atoms with Gasteiger partial charge in [0.25, 0.3) is 0 Å². The zero-order valence-electron chi connectivity index (χ0n) is 3.20. The van der Waals surface area contributed by atoms with Gasteiger partial charge in [-0.05, 0) is 6.42 Å². The predicted molar refractivity (Wildman–Crippen MR) is 26.6 cm³/mol. The van der Waals surface area contributed by atoms with Gasteiger partial charge in [0.05, 0.1) is 0 Å². The topological polar surface area (TPSA) is 0 Å². The molecule has 0 radical (unpaired) electrons. The summed E-state index contributed by atoms with van der Waals surface area (Å²) < 4.78 is 0. The van der Waals surface area contributed by atoms with Gasteiger partial charge in [-0.3, -0.25) is 4.70 Å². The zero-order chi connectivity index (χ0) is 3.41. The first kappa shape index (κ1) is 9.05. The van der Waals surface area contributed by atoms with E-state index >= 15 is 0 Å². The van der Waals surface area contributed by atoms with Crippen LogP contribution in [-0.2, 0) is 0 Å². The minimum Gasteiger partial charge on any atom is -0.269 e. The fourth-order valence-electron chi connectivity index (χ4n) is 0. The van der Waals surface area contributed by atoms with E-state index < -0.39 is 0 Å². The molecule has 0 aromatic carbocycles. The molecule has 0 saturated carbocycles. The second-order valence-electron chi connectivity index (χ2n) is 0.689. The summed E-state index contributed by atoms with van der Waals surface area (Å²) in [6, 6.07) is 0. The number of rotatable bonds is 1. The van der Waals surface area contributed by atoms with Crippen molar-refractivity contribution >= 4 is 15.9 Å². The summed E-state index contributed by atoms with van der Waals surface area (Å²) >= 11 is 3.25. The molecule has 0 rings (SSSR count). The van der Waals surface area contributed by atoms with E-state index in [0.717, 1.165) is 5.33 Å². The molecule has 2 heteroatoms. The van der Waals surface area contributed by atoms with Crippen LogP contribution in [-0.4, -0.2) is 5.33 Å². The minimum absolute atomic E-state index is 0. The Kier molecular flexibility index (Phi) is 16.0. The molecule has 0 saturated heterocycles. The molecular weight excluding hydrogens is 135 g/mol. The molecule has 0 nitrogen and oxygen atoms in total. The van der Waals surface area contributed by atoms with E-state index in [1.165, 1.54) is 6.42 Å². The molecule has 0 unspecified atom stereocenters. The van der Waals surface area contributed by atoms with Gasteiger partial charge in [-0.15, -0.1) is 0 Å². The van der Waals surface area contributed by atoms with Gasteiger partial charge in [-0.25, -0.2) is 0 Å². The van der Waals surface area contributed by atoms with Gasteiger partial charge in [0.2, 0.25) is 0 Å². The SMILES string of the molecule is CCCBr.F. The van der Waals surface area contributed by atoms with Crippen LogP contribution >= 0.6 is 15.9 Å². The summed E-state index contributed by atoms with van der Waals surface area (Å²) in [6.45, 7) is 2.13. The van der Waals surface area contributed by atoms with Crippen LogP contribution in [0.25, 0.3) is 0 Å². The van der Waals surface area contributed by atoms with E-state index in [0.29, 0.717) is 0 Å². The lowest BCUT2D eigenvalue weighted by Gasteiger charge is -1.66. The van der Waals surface area contributed by atoms with Crippen molar-refractivity contribution in [1.29, 1.82) is 0 Å². The van der Waals surface area contributed by atoms with Crippen molar-refractivity contribution in [3.63, 3.8) is 0 Å².